The van der Waals surface area contributed by atoms with Crippen LogP contribution in [0.1, 0.15) is 54.2 Å². The molecule has 1 aliphatic carbocycles. The first-order valence-electron chi connectivity index (χ1n) is 11.6. The van der Waals surface area contributed by atoms with Crippen LogP contribution in [0.4, 0.5) is 11.4 Å². The second kappa shape index (κ2) is 9.84. The number of carbonyl (C=O) groups is 2. The van der Waals surface area contributed by atoms with E-state index >= 15 is 0 Å². The largest absolute Gasteiger partial charge is 0.394 e. The lowest BCUT2D eigenvalue weighted by Crippen LogP contribution is -2.51. The van der Waals surface area contributed by atoms with E-state index in [1.807, 2.05) is 23.1 Å². The number of amides is 2. The minimum atomic E-state index is -0.747. The molecule has 4 N–H and O–H groups in total. The van der Waals surface area contributed by atoms with Crippen LogP contribution in [-0.4, -0.2) is 47.3 Å². The minimum absolute atomic E-state index is 0.0281. The molecule has 3 atom stereocenters. The van der Waals surface area contributed by atoms with Gasteiger partial charge in [-0.15, -0.1) is 0 Å². The highest BCUT2D eigenvalue weighted by atomic mass is 16.3. The van der Waals surface area contributed by atoms with E-state index in [-0.39, 0.29) is 37.1 Å². The van der Waals surface area contributed by atoms with Crippen LogP contribution < -0.4 is 15.5 Å². The van der Waals surface area contributed by atoms with Crippen LogP contribution in [0.3, 0.4) is 0 Å². The lowest BCUT2D eigenvalue weighted by Gasteiger charge is -2.46. The molecule has 2 amide bonds. The van der Waals surface area contributed by atoms with Crippen LogP contribution >= 0.6 is 0 Å². The van der Waals surface area contributed by atoms with E-state index in [1.165, 1.54) is 0 Å². The first-order chi connectivity index (χ1) is 16.4. The van der Waals surface area contributed by atoms with Crippen LogP contribution in [0.15, 0.2) is 42.5 Å². The summed E-state index contributed by atoms with van der Waals surface area (Å²) in [4.78, 5) is 27.5. The van der Waals surface area contributed by atoms with Crippen molar-refractivity contribution in [3.63, 3.8) is 0 Å². The maximum atomic E-state index is 12.8. The molecule has 8 heteroatoms. The highest BCUT2D eigenvalue weighted by Gasteiger charge is 2.47. The van der Waals surface area contributed by atoms with E-state index < -0.39 is 11.9 Å². The Bertz CT molecular complexity index is 1100. The van der Waals surface area contributed by atoms with E-state index in [0.717, 1.165) is 29.8 Å². The molecule has 8 nitrogen and oxygen atoms in total. The number of aliphatic hydroxyl groups excluding tert-OH is 2. The Morgan fingerprint density at radius 2 is 1.82 bits per heavy atom. The van der Waals surface area contributed by atoms with Crippen molar-refractivity contribution in [2.75, 3.05) is 23.4 Å². The molecule has 2 aromatic carbocycles. The zero-order valence-electron chi connectivity index (χ0n) is 19.4. The van der Waals surface area contributed by atoms with Crippen molar-refractivity contribution in [3.8, 4) is 6.07 Å². The molecule has 1 saturated carbocycles. The van der Waals surface area contributed by atoms with E-state index in [4.69, 9.17) is 5.26 Å². The Morgan fingerprint density at radius 3 is 2.38 bits per heavy atom. The molecule has 0 bridgehead atoms. The average Bonchev–Trinajstić information content (AvgIpc) is 3.68. The molecule has 4 rings (SSSR count). The van der Waals surface area contributed by atoms with Gasteiger partial charge in [-0.25, -0.2) is 0 Å². The SMILES string of the molecule is CC(=O)N1c2ccc(C(=O)NC(CO)CO)cc2[C@H](Nc2ccc(C#N)cc2)[C@@H](C)C1C1CC1. The number of nitriles is 1. The molecule has 0 saturated heterocycles. The van der Waals surface area contributed by atoms with Gasteiger partial charge in [0.15, 0.2) is 0 Å². The van der Waals surface area contributed by atoms with Gasteiger partial charge in [0.05, 0.1) is 36.9 Å². The minimum Gasteiger partial charge on any atom is -0.394 e. The van der Waals surface area contributed by atoms with Crippen LogP contribution in [0.2, 0.25) is 0 Å². The number of rotatable bonds is 7. The summed E-state index contributed by atoms with van der Waals surface area (Å²) in [6.45, 7) is 2.97. The monoisotopic (exact) mass is 462 g/mol. The summed E-state index contributed by atoms with van der Waals surface area (Å²) in [6.07, 6.45) is 2.17. The smallest absolute Gasteiger partial charge is 0.251 e. The van der Waals surface area contributed by atoms with Crippen molar-refractivity contribution in [1.29, 1.82) is 5.26 Å². The van der Waals surface area contributed by atoms with Crippen molar-refractivity contribution in [1.82, 2.24) is 5.32 Å². The molecule has 2 aromatic rings. The first-order valence-corrected chi connectivity index (χ1v) is 11.6. The molecule has 0 spiro atoms. The number of nitrogens with one attached hydrogen (secondary N) is 2. The standard InChI is InChI=1S/C26H30N4O4/c1-15-24(28-20-8-3-17(12-27)4-9-20)22-11-19(26(34)29-21(13-31)14-32)7-10-23(22)30(16(2)33)25(15)18-5-6-18/h3-4,7-11,15,18,21,24-25,28,31-32H,5-6,13-14H2,1-2H3,(H,29,34)/t15-,24-,25?/m1/s1. The lowest BCUT2D eigenvalue weighted by molar-refractivity contribution is -0.117. The zero-order chi connectivity index (χ0) is 24.4. The van der Waals surface area contributed by atoms with Crippen molar-refractivity contribution >= 4 is 23.2 Å². The number of hydrogen-bond acceptors (Lipinski definition) is 6. The van der Waals surface area contributed by atoms with Crippen molar-refractivity contribution < 1.29 is 19.8 Å². The van der Waals surface area contributed by atoms with E-state index in [9.17, 15) is 19.8 Å². The number of fused-ring (bicyclic) bond motifs is 1. The maximum Gasteiger partial charge on any atom is 0.251 e. The van der Waals surface area contributed by atoms with Crippen molar-refractivity contribution in [3.05, 3.63) is 59.2 Å². The van der Waals surface area contributed by atoms with Crippen LogP contribution in [0.5, 0.6) is 0 Å². The van der Waals surface area contributed by atoms with Gasteiger partial charge in [0, 0.05) is 35.8 Å². The molecule has 1 heterocycles. The van der Waals surface area contributed by atoms with Gasteiger partial charge >= 0.3 is 0 Å². The summed E-state index contributed by atoms with van der Waals surface area (Å²) in [5, 5.41) is 34.0. The fraction of sp³-hybridized carbons (Fsp3) is 0.423. The summed E-state index contributed by atoms with van der Waals surface area (Å²) in [6, 6.07) is 13.8. The average molecular weight is 463 g/mol. The molecule has 1 aliphatic heterocycles. The van der Waals surface area contributed by atoms with Crippen LogP contribution in [-0.2, 0) is 4.79 Å². The second-order valence-corrected chi connectivity index (χ2v) is 9.20. The van der Waals surface area contributed by atoms with E-state index in [2.05, 4.69) is 23.6 Å². The quantitative estimate of drug-likeness (QED) is 0.501. The number of nitrogens with zero attached hydrogens (tertiary/aromatic N) is 2. The Balaban J connectivity index is 1.75. The third kappa shape index (κ3) is 4.63. The number of hydrogen-bond donors (Lipinski definition) is 4. The molecule has 178 valence electrons. The van der Waals surface area contributed by atoms with Gasteiger partial charge in [-0.2, -0.15) is 5.26 Å². The topological polar surface area (TPSA) is 126 Å². The fourth-order valence-corrected chi connectivity index (χ4v) is 4.95. The molecule has 0 radical (unpaired) electrons. The van der Waals surface area contributed by atoms with Gasteiger partial charge < -0.3 is 25.7 Å². The normalized spacial score (nSPS) is 21.5. The zero-order valence-corrected chi connectivity index (χ0v) is 19.4. The fourth-order valence-electron chi connectivity index (χ4n) is 4.95. The van der Waals surface area contributed by atoms with Gasteiger partial charge in [0.2, 0.25) is 5.91 Å². The number of benzene rings is 2. The Morgan fingerprint density at radius 1 is 1.15 bits per heavy atom. The van der Waals surface area contributed by atoms with Gasteiger partial charge in [0.1, 0.15) is 0 Å². The Kier molecular flexibility index (Phi) is 6.87. The summed E-state index contributed by atoms with van der Waals surface area (Å²) in [7, 11) is 0. The number of anilines is 2. The van der Waals surface area contributed by atoms with Gasteiger partial charge in [-0.3, -0.25) is 9.59 Å². The third-order valence-corrected chi connectivity index (χ3v) is 6.80. The predicted molar refractivity (Wildman–Crippen MR) is 128 cm³/mol. The van der Waals surface area contributed by atoms with E-state index in [0.29, 0.717) is 17.0 Å². The second-order valence-electron chi connectivity index (χ2n) is 9.20. The molecule has 1 fully saturated rings. The van der Waals surface area contributed by atoms with Crippen molar-refractivity contribution in [2.24, 2.45) is 11.8 Å². The van der Waals surface area contributed by atoms with Gasteiger partial charge in [-0.05, 0) is 66.8 Å². The molecule has 34 heavy (non-hydrogen) atoms. The highest BCUT2D eigenvalue weighted by Crippen LogP contribution is 2.50. The summed E-state index contributed by atoms with van der Waals surface area (Å²) in [5.74, 6) is 0.0784. The maximum absolute atomic E-state index is 12.8. The van der Waals surface area contributed by atoms with E-state index in [1.54, 1.807) is 31.2 Å². The predicted octanol–water partition coefficient (Wildman–Crippen LogP) is 2.58. The first kappa shape index (κ1) is 23.7. The summed E-state index contributed by atoms with van der Waals surface area (Å²) in [5.41, 5.74) is 3.43. The number of aliphatic hydroxyl groups is 2. The molecule has 1 unspecified atom stereocenters. The Hall–Kier alpha value is -3.41. The number of carbonyl (C=O) groups excluding carboxylic acids is 2. The summed E-state index contributed by atoms with van der Waals surface area (Å²) >= 11 is 0. The summed E-state index contributed by atoms with van der Waals surface area (Å²) < 4.78 is 0. The molecule has 2 aliphatic rings. The molecular formula is C26H30N4O4. The van der Waals surface area contributed by atoms with Crippen LogP contribution in [0.25, 0.3) is 0 Å². The van der Waals surface area contributed by atoms with Crippen LogP contribution in [0, 0.1) is 23.2 Å². The van der Waals surface area contributed by atoms with Crippen molar-refractivity contribution in [2.45, 2.75) is 44.8 Å². The lowest BCUT2D eigenvalue weighted by atomic mass is 9.79. The molecule has 0 aromatic heterocycles. The third-order valence-electron chi connectivity index (χ3n) is 6.80. The van der Waals surface area contributed by atoms with Gasteiger partial charge in [-0.1, -0.05) is 6.92 Å². The Labute approximate surface area is 199 Å². The van der Waals surface area contributed by atoms with Gasteiger partial charge in [0.25, 0.3) is 5.91 Å². The highest BCUT2D eigenvalue weighted by molar-refractivity contribution is 5.98. The molecular weight excluding hydrogens is 432 g/mol.